The van der Waals surface area contributed by atoms with Gasteiger partial charge in [0.2, 0.25) is 5.91 Å². The molecule has 134 valence electrons. The van der Waals surface area contributed by atoms with E-state index in [9.17, 15) is 14.4 Å². The highest BCUT2D eigenvalue weighted by atomic mass is 35.5. The lowest BCUT2D eigenvalue weighted by Gasteiger charge is -2.30. The number of benzene rings is 1. The highest BCUT2D eigenvalue weighted by Crippen LogP contribution is 2.32. The number of fused-ring (bicyclic) bond motifs is 1. The van der Waals surface area contributed by atoms with Crippen molar-refractivity contribution in [2.24, 2.45) is 0 Å². The van der Waals surface area contributed by atoms with Crippen molar-refractivity contribution >= 4 is 40.9 Å². The second kappa shape index (κ2) is 7.34. The summed E-state index contributed by atoms with van der Waals surface area (Å²) in [7, 11) is 0. The summed E-state index contributed by atoms with van der Waals surface area (Å²) < 4.78 is 0. The fourth-order valence-corrected chi connectivity index (χ4v) is 3.77. The van der Waals surface area contributed by atoms with Gasteiger partial charge in [-0.05, 0) is 31.9 Å². The zero-order chi connectivity index (χ0) is 18.1. The van der Waals surface area contributed by atoms with Crippen molar-refractivity contribution in [2.45, 2.75) is 45.1 Å². The van der Waals surface area contributed by atoms with E-state index in [-0.39, 0.29) is 27.1 Å². The van der Waals surface area contributed by atoms with Gasteiger partial charge in [0.1, 0.15) is 6.04 Å². The molecule has 3 rings (SSSR count). The maximum absolute atomic E-state index is 12.9. The van der Waals surface area contributed by atoms with Gasteiger partial charge in [0.25, 0.3) is 11.8 Å². The van der Waals surface area contributed by atoms with E-state index in [1.54, 1.807) is 11.8 Å². The van der Waals surface area contributed by atoms with Gasteiger partial charge in [-0.2, -0.15) is 0 Å². The molecule has 0 aliphatic carbocycles. The van der Waals surface area contributed by atoms with E-state index in [0.717, 1.165) is 30.6 Å². The van der Waals surface area contributed by atoms with Crippen LogP contribution in [0.3, 0.4) is 0 Å². The average Bonchev–Trinajstić information content (AvgIpc) is 2.78. The number of hydrogen-bond donors (Lipinski definition) is 0. The van der Waals surface area contributed by atoms with Crippen LogP contribution in [0.4, 0.5) is 0 Å². The second-order valence-electron chi connectivity index (χ2n) is 6.56. The fraction of sp³-hybridized carbons (Fsp3) is 0.500. The molecule has 1 aromatic carbocycles. The summed E-state index contributed by atoms with van der Waals surface area (Å²) in [6.07, 6.45) is 5.29. The second-order valence-corrected chi connectivity index (χ2v) is 7.38. The summed E-state index contributed by atoms with van der Waals surface area (Å²) in [4.78, 5) is 41.0. The molecule has 25 heavy (non-hydrogen) atoms. The monoisotopic (exact) mass is 382 g/mol. The molecule has 1 atom stereocenters. The molecular weight excluding hydrogens is 363 g/mol. The van der Waals surface area contributed by atoms with Crippen LogP contribution in [0.15, 0.2) is 12.1 Å². The minimum Gasteiger partial charge on any atom is -0.341 e. The van der Waals surface area contributed by atoms with Crippen molar-refractivity contribution in [1.29, 1.82) is 0 Å². The van der Waals surface area contributed by atoms with Crippen LogP contribution in [0.5, 0.6) is 0 Å². The minimum atomic E-state index is -0.843. The smallest absolute Gasteiger partial charge is 0.262 e. The number of nitrogens with zero attached hydrogens (tertiary/aromatic N) is 2. The van der Waals surface area contributed by atoms with E-state index in [2.05, 4.69) is 0 Å². The molecule has 2 heterocycles. The third-order valence-corrected chi connectivity index (χ3v) is 5.59. The molecule has 1 aromatic rings. The van der Waals surface area contributed by atoms with Crippen molar-refractivity contribution in [3.8, 4) is 0 Å². The molecule has 1 fully saturated rings. The molecule has 0 saturated carbocycles. The van der Waals surface area contributed by atoms with Gasteiger partial charge >= 0.3 is 0 Å². The Hall–Kier alpha value is -1.59. The van der Waals surface area contributed by atoms with Crippen molar-refractivity contribution in [3.63, 3.8) is 0 Å². The normalized spacial score (nSPS) is 19.5. The molecule has 7 heteroatoms. The zero-order valence-electron chi connectivity index (χ0n) is 14.1. The van der Waals surface area contributed by atoms with Gasteiger partial charge in [-0.15, -0.1) is 0 Å². The summed E-state index contributed by atoms with van der Waals surface area (Å²) in [5, 5.41) is 0.428. The maximum Gasteiger partial charge on any atom is 0.262 e. The Bertz CT molecular complexity index is 686. The van der Waals surface area contributed by atoms with Crippen LogP contribution in [0.25, 0.3) is 0 Å². The Morgan fingerprint density at radius 1 is 0.920 bits per heavy atom. The van der Waals surface area contributed by atoms with Crippen LogP contribution in [0.1, 0.15) is 59.7 Å². The Morgan fingerprint density at radius 3 is 1.84 bits per heavy atom. The Morgan fingerprint density at radius 2 is 1.36 bits per heavy atom. The number of carbonyl (C=O) groups is 3. The number of hydrogen-bond acceptors (Lipinski definition) is 3. The van der Waals surface area contributed by atoms with Crippen molar-refractivity contribution in [2.75, 3.05) is 13.1 Å². The summed E-state index contributed by atoms with van der Waals surface area (Å²) in [5.74, 6) is -1.17. The summed E-state index contributed by atoms with van der Waals surface area (Å²) in [5.41, 5.74) is 0.401. The quantitative estimate of drug-likeness (QED) is 0.731. The molecule has 0 spiro atoms. The highest BCUT2D eigenvalue weighted by Gasteiger charge is 2.42. The van der Waals surface area contributed by atoms with Crippen LogP contribution < -0.4 is 0 Å². The van der Waals surface area contributed by atoms with Crippen LogP contribution in [-0.4, -0.2) is 46.7 Å². The lowest BCUT2D eigenvalue weighted by molar-refractivity contribution is -0.135. The van der Waals surface area contributed by atoms with Crippen molar-refractivity contribution < 1.29 is 14.4 Å². The molecule has 3 amide bonds. The van der Waals surface area contributed by atoms with Gasteiger partial charge in [0, 0.05) is 13.1 Å². The first-order valence-corrected chi connectivity index (χ1v) is 9.33. The highest BCUT2D eigenvalue weighted by molar-refractivity contribution is 6.43. The molecule has 2 aliphatic heterocycles. The van der Waals surface area contributed by atoms with Crippen LogP contribution in [0.2, 0.25) is 10.0 Å². The van der Waals surface area contributed by atoms with Gasteiger partial charge in [0.15, 0.2) is 0 Å². The molecule has 1 saturated heterocycles. The van der Waals surface area contributed by atoms with E-state index in [1.807, 2.05) is 0 Å². The van der Waals surface area contributed by atoms with Gasteiger partial charge in [-0.3, -0.25) is 19.3 Å². The van der Waals surface area contributed by atoms with Gasteiger partial charge < -0.3 is 4.90 Å². The Kier molecular flexibility index (Phi) is 5.35. The molecule has 1 unspecified atom stereocenters. The number of imide groups is 1. The lowest BCUT2D eigenvalue weighted by Crippen LogP contribution is -2.50. The average molecular weight is 383 g/mol. The van der Waals surface area contributed by atoms with Gasteiger partial charge in [0.05, 0.1) is 21.2 Å². The summed E-state index contributed by atoms with van der Waals surface area (Å²) in [6.45, 7) is 2.94. The van der Waals surface area contributed by atoms with E-state index in [4.69, 9.17) is 23.2 Å². The first kappa shape index (κ1) is 18.2. The van der Waals surface area contributed by atoms with Crippen LogP contribution in [0, 0.1) is 0 Å². The standard InChI is InChI=1S/C18H20Cl2N2O3/c1-11(16(23)21-7-5-3-2-4-6-8-21)22-17(24)12-9-14(19)15(20)10-13(12)18(22)25/h9-11H,2-8H2,1H3. The molecule has 5 nitrogen and oxygen atoms in total. The Labute approximate surface area is 156 Å². The summed E-state index contributed by atoms with van der Waals surface area (Å²) >= 11 is 11.9. The largest absolute Gasteiger partial charge is 0.341 e. The van der Waals surface area contributed by atoms with Gasteiger partial charge in [-0.25, -0.2) is 0 Å². The third kappa shape index (κ3) is 3.40. The first-order chi connectivity index (χ1) is 11.9. The molecule has 0 bridgehead atoms. The predicted octanol–water partition coefficient (Wildman–Crippen LogP) is 3.77. The van der Waals surface area contributed by atoms with Crippen molar-refractivity contribution in [1.82, 2.24) is 9.80 Å². The number of carbonyl (C=O) groups excluding carboxylic acids is 3. The molecular formula is C18H20Cl2N2O3. The molecule has 0 aromatic heterocycles. The number of rotatable bonds is 2. The topological polar surface area (TPSA) is 57.7 Å². The minimum absolute atomic E-state index is 0.186. The van der Waals surface area contributed by atoms with Crippen LogP contribution >= 0.6 is 23.2 Å². The zero-order valence-corrected chi connectivity index (χ0v) is 15.6. The molecule has 0 N–H and O–H groups in total. The molecule has 0 radical (unpaired) electrons. The van der Waals surface area contributed by atoms with Gasteiger partial charge in [-0.1, -0.05) is 42.5 Å². The number of likely N-dealkylation sites (tertiary alicyclic amines) is 1. The fourth-order valence-electron chi connectivity index (χ4n) is 3.45. The van der Waals surface area contributed by atoms with E-state index < -0.39 is 17.9 Å². The maximum atomic E-state index is 12.9. The SMILES string of the molecule is CC(C(=O)N1CCCCCCC1)N1C(=O)c2cc(Cl)c(Cl)cc2C1=O. The van der Waals surface area contributed by atoms with E-state index >= 15 is 0 Å². The molecule has 2 aliphatic rings. The van der Waals surface area contributed by atoms with Crippen molar-refractivity contribution in [3.05, 3.63) is 33.3 Å². The summed E-state index contributed by atoms with van der Waals surface area (Å²) in [6, 6.07) is 1.95. The van der Waals surface area contributed by atoms with E-state index in [1.165, 1.54) is 18.6 Å². The first-order valence-electron chi connectivity index (χ1n) is 8.57. The predicted molar refractivity (Wildman–Crippen MR) is 96.1 cm³/mol. The third-order valence-electron chi connectivity index (χ3n) is 4.87. The van der Waals surface area contributed by atoms with Crippen LogP contribution in [-0.2, 0) is 4.79 Å². The van der Waals surface area contributed by atoms with E-state index in [0.29, 0.717) is 13.1 Å². The Balaban J connectivity index is 1.82. The lowest BCUT2D eigenvalue weighted by atomic mass is 10.1. The number of halogens is 2. The number of amides is 3.